The van der Waals surface area contributed by atoms with Crippen LogP contribution in [-0.4, -0.2) is 47.1 Å². The number of amides is 2. The Hall–Kier alpha value is -3.45. The molecule has 1 saturated heterocycles. The molecule has 0 bridgehead atoms. The number of hydrogen-bond acceptors (Lipinski definition) is 5. The summed E-state index contributed by atoms with van der Waals surface area (Å²) < 4.78 is 5.76. The molecule has 1 atom stereocenters. The Morgan fingerprint density at radius 2 is 1.71 bits per heavy atom. The highest BCUT2D eigenvalue weighted by Gasteiger charge is 2.34. The fourth-order valence-electron chi connectivity index (χ4n) is 4.44. The summed E-state index contributed by atoms with van der Waals surface area (Å²) in [4.78, 5) is 28.2. The van der Waals surface area contributed by atoms with Crippen molar-refractivity contribution in [3.8, 4) is 5.75 Å². The van der Waals surface area contributed by atoms with E-state index in [0.717, 1.165) is 42.8 Å². The Labute approximate surface area is 203 Å². The molecule has 2 aliphatic rings. The molecule has 0 saturated carbocycles. The third kappa shape index (κ3) is 4.89. The normalized spacial score (nSPS) is 18.0. The van der Waals surface area contributed by atoms with Gasteiger partial charge < -0.3 is 9.64 Å². The molecule has 0 spiro atoms. The molecule has 2 aromatic carbocycles. The van der Waals surface area contributed by atoms with Gasteiger partial charge in [0.1, 0.15) is 5.75 Å². The average molecular weight is 474 g/mol. The summed E-state index contributed by atoms with van der Waals surface area (Å²) in [6.45, 7) is 1.69. The maximum atomic E-state index is 13.2. The van der Waals surface area contributed by atoms with E-state index in [1.807, 2.05) is 77.0 Å². The van der Waals surface area contributed by atoms with Crippen molar-refractivity contribution in [3.63, 3.8) is 0 Å². The molecule has 34 heavy (non-hydrogen) atoms. The van der Waals surface area contributed by atoms with E-state index >= 15 is 0 Å². The zero-order chi connectivity index (χ0) is 23.3. The minimum atomic E-state index is -0.200. The Balaban J connectivity index is 1.31. The smallest absolute Gasteiger partial charge is 0.284 e. The summed E-state index contributed by atoms with van der Waals surface area (Å²) >= 11 is 1.42. The van der Waals surface area contributed by atoms with Crippen molar-refractivity contribution in [2.75, 3.05) is 19.7 Å². The van der Waals surface area contributed by atoms with Gasteiger partial charge in [0.2, 0.25) is 0 Å². The molecule has 2 aliphatic heterocycles. The van der Waals surface area contributed by atoms with Crippen LogP contribution in [0.3, 0.4) is 0 Å². The molecule has 0 N–H and O–H groups in total. The van der Waals surface area contributed by atoms with Crippen LogP contribution in [0.4, 0.5) is 0 Å². The van der Waals surface area contributed by atoms with Crippen LogP contribution in [0.25, 0.3) is 0 Å². The number of ether oxygens (including phenoxy) is 1. The third-order valence-electron chi connectivity index (χ3n) is 6.29. The summed E-state index contributed by atoms with van der Waals surface area (Å²) in [6.07, 6.45) is 3.95. The van der Waals surface area contributed by atoms with E-state index in [2.05, 4.69) is 0 Å². The second-order valence-corrected chi connectivity index (χ2v) is 9.51. The zero-order valence-corrected chi connectivity index (χ0v) is 19.7. The first-order valence-electron chi connectivity index (χ1n) is 11.7. The highest BCUT2D eigenvalue weighted by Crippen LogP contribution is 2.35. The average Bonchev–Trinajstić information content (AvgIpc) is 3.59. The molecular weight excluding hydrogens is 446 g/mol. The van der Waals surface area contributed by atoms with Gasteiger partial charge in [0.25, 0.3) is 11.8 Å². The molecule has 174 valence electrons. The molecule has 6 nitrogen and oxygen atoms in total. The summed E-state index contributed by atoms with van der Waals surface area (Å²) in [6, 6.07) is 21.1. The van der Waals surface area contributed by atoms with Crippen LogP contribution in [-0.2, 0) is 4.79 Å². The van der Waals surface area contributed by atoms with Crippen molar-refractivity contribution in [1.82, 2.24) is 9.91 Å². The largest absolute Gasteiger partial charge is 0.484 e. The lowest BCUT2D eigenvalue weighted by molar-refractivity contribution is -0.134. The van der Waals surface area contributed by atoms with Gasteiger partial charge in [-0.15, -0.1) is 11.3 Å². The lowest BCUT2D eigenvalue weighted by atomic mass is 9.98. The Bertz CT molecular complexity index is 1150. The SMILES string of the molecule is O=C(COc1ccc([C@H]2CC(c3ccccc3)=NN2C(=O)c2cccs2)cc1)N1CCCCC1. The number of hydrogen-bond donors (Lipinski definition) is 0. The van der Waals surface area contributed by atoms with Gasteiger partial charge in [0.15, 0.2) is 6.61 Å². The molecule has 3 heterocycles. The molecule has 7 heteroatoms. The quantitative estimate of drug-likeness (QED) is 0.499. The van der Waals surface area contributed by atoms with E-state index in [1.165, 1.54) is 17.8 Å². The summed E-state index contributed by atoms with van der Waals surface area (Å²) in [5.74, 6) is 0.582. The summed E-state index contributed by atoms with van der Waals surface area (Å²) in [7, 11) is 0. The molecule has 1 aromatic heterocycles. The van der Waals surface area contributed by atoms with Crippen LogP contribution >= 0.6 is 11.3 Å². The molecule has 0 aliphatic carbocycles. The van der Waals surface area contributed by atoms with E-state index in [1.54, 1.807) is 5.01 Å². The number of nitrogens with zero attached hydrogens (tertiary/aromatic N) is 3. The lowest BCUT2D eigenvalue weighted by Gasteiger charge is -2.26. The molecule has 3 aromatic rings. The number of rotatable bonds is 6. The minimum absolute atomic E-state index is 0.0354. The summed E-state index contributed by atoms with van der Waals surface area (Å²) in [5, 5.41) is 8.23. The van der Waals surface area contributed by atoms with Gasteiger partial charge in [-0.1, -0.05) is 48.5 Å². The number of carbonyl (C=O) groups is 2. The van der Waals surface area contributed by atoms with E-state index in [0.29, 0.717) is 17.0 Å². The maximum absolute atomic E-state index is 13.2. The van der Waals surface area contributed by atoms with Crippen LogP contribution in [0.5, 0.6) is 5.75 Å². The van der Waals surface area contributed by atoms with Crippen molar-refractivity contribution in [3.05, 3.63) is 88.1 Å². The van der Waals surface area contributed by atoms with Gasteiger partial charge in [-0.05, 0) is 54.0 Å². The van der Waals surface area contributed by atoms with Crippen LogP contribution in [0.2, 0.25) is 0 Å². The predicted molar refractivity (Wildman–Crippen MR) is 133 cm³/mol. The predicted octanol–water partition coefficient (Wildman–Crippen LogP) is 5.13. The number of thiophene rings is 1. The van der Waals surface area contributed by atoms with E-state index in [9.17, 15) is 9.59 Å². The zero-order valence-electron chi connectivity index (χ0n) is 18.9. The summed E-state index contributed by atoms with van der Waals surface area (Å²) in [5.41, 5.74) is 2.89. The van der Waals surface area contributed by atoms with Crippen molar-refractivity contribution >= 4 is 28.9 Å². The lowest BCUT2D eigenvalue weighted by Crippen LogP contribution is -2.38. The molecule has 0 unspecified atom stereocenters. The first kappa shape index (κ1) is 22.3. The Kier molecular flexibility index (Phi) is 6.72. The molecule has 2 amide bonds. The second kappa shape index (κ2) is 10.2. The Morgan fingerprint density at radius 3 is 2.41 bits per heavy atom. The van der Waals surface area contributed by atoms with Gasteiger partial charge in [-0.3, -0.25) is 9.59 Å². The molecular formula is C27H27N3O3S. The first-order chi connectivity index (χ1) is 16.7. The highest BCUT2D eigenvalue weighted by molar-refractivity contribution is 7.12. The van der Waals surface area contributed by atoms with Gasteiger partial charge in [0.05, 0.1) is 16.6 Å². The Morgan fingerprint density at radius 1 is 0.941 bits per heavy atom. The molecule has 5 rings (SSSR count). The van der Waals surface area contributed by atoms with E-state index in [-0.39, 0.29) is 24.5 Å². The number of benzene rings is 2. The third-order valence-corrected chi connectivity index (χ3v) is 7.15. The van der Waals surface area contributed by atoms with Crippen LogP contribution < -0.4 is 4.74 Å². The molecule has 1 fully saturated rings. The molecule has 0 radical (unpaired) electrons. The minimum Gasteiger partial charge on any atom is -0.484 e. The van der Waals surface area contributed by atoms with Gasteiger partial charge >= 0.3 is 0 Å². The topological polar surface area (TPSA) is 62.2 Å². The highest BCUT2D eigenvalue weighted by atomic mass is 32.1. The van der Waals surface area contributed by atoms with Crippen molar-refractivity contribution in [1.29, 1.82) is 0 Å². The first-order valence-corrected chi connectivity index (χ1v) is 12.6. The van der Waals surface area contributed by atoms with Crippen molar-refractivity contribution in [2.24, 2.45) is 5.10 Å². The van der Waals surface area contributed by atoms with Crippen molar-refractivity contribution in [2.45, 2.75) is 31.7 Å². The van der Waals surface area contributed by atoms with Gasteiger partial charge in [0, 0.05) is 19.5 Å². The van der Waals surface area contributed by atoms with Gasteiger partial charge in [-0.25, -0.2) is 5.01 Å². The van der Waals surface area contributed by atoms with E-state index in [4.69, 9.17) is 9.84 Å². The maximum Gasteiger partial charge on any atom is 0.284 e. The van der Waals surface area contributed by atoms with Crippen LogP contribution in [0.1, 0.15) is 52.5 Å². The standard InChI is InChI=1S/C27H27N3O3S/c31-26(29-15-5-2-6-16-29)19-33-22-13-11-21(12-14-22)24-18-23(20-8-3-1-4-9-20)28-30(24)27(32)25-10-7-17-34-25/h1,3-4,7-14,17,24H,2,5-6,15-16,18-19H2/t24-/m1/s1. The van der Waals surface area contributed by atoms with Crippen molar-refractivity contribution < 1.29 is 14.3 Å². The van der Waals surface area contributed by atoms with Crippen LogP contribution in [0.15, 0.2) is 77.2 Å². The number of piperidine rings is 1. The fourth-order valence-corrected chi connectivity index (χ4v) is 5.10. The van der Waals surface area contributed by atoms with Crippen LogP contribution in [0, 0.1) is 0 Å². The number of hydrazone groups is 1. The number of carbonyl (C=O) groups excluding carboxylic acids is 2. The number of likely N-dealkylation sites (tertiary alicyclic amines) is 1. The van der Waals surface area contributed by atoms with E-state index < -0.39 is 0 Å². The monoisotopic (exact) mass is 473 g/mol. The van der Waals surface area contributed by atoms with Gasteiger partial charge in [-0.2, -0.15) is 5.10 Å². The fraction of sp³-hybridized carbons (Fsp3) is 0.296. The second-order valence-electron chi connectivity index (χ2n) is 8.56.